The van der Waals surface area contributed by atoms with Gasteiger partial charge in [-0.05, 0) is 24.6 Å². The third kappa shape index (κ3) is 4.50. The fourth-order valence-electron chi connectivity index (χ4n) is 1.47. The highest BCUT2D eigenvalue weighted by Gasteiger charge is 2.21. The zero-order chi connectivity index (χ0) is 14.4. The monoisotopic (exact) mass is 266 g/mol. The van der Waals surface area contributed by atoms with Crippen LogP contribution in [-0.2, 0) is 11.2 Å². The molecule has 104 valence electrons. The standard InChI is InChI=1S/C13H18N2O4/c1-3-15(2)13(19)14-11(12(17)18)8-9-4-6-10(16)7-5-9/h4-7,11,16H,3,8H2,1-2H3,(H,14,19)(H,17,18)/t11-/m0/s1. The zero-order valence-corrected chi connectivity index (χ0v) is 11.0. The molecule has 3 N–H and O–H groups in total. The second-order valence-electron chi connectivity index (χ2n) is 4.23. The van der Waals surface area contributed by atoms with Crippen molar-refractivity contribution in [1.82, 2.24) is 10.2 Å². The Morgan fingerprint density at radius 1 is 1.32 bits per heavy atom. The fourth-order valence-corrected chi connectivity index (χ4v) is 1.47. The molecule has 0 saturated heterocycles. The van der Waals surface area contributed by atoms with Crippen LogP contribution in [0, 0.1) is 0 Å². The molecule has 0 aliphatic rings. The van der Waals surface area contributed by atoms with E-state index in [1.54, 1.807) is 26.1 Å². The summed E-state index contributed by atoms with van der Waals surface area (Å²) in [5.41, 5.74) is 0.727. The first kappa shape index (κ1) is 14.8. The predicted octanol–water partition coefficient (Wildman–Crippen LogP) is 1.05. The molecule has 0 unspecified atom stereocenters. The van der Waals surface area contributed by atoms with Gasteiger partial charge in [0.1, 0.15) is 11.8 Å². The summed E-state index contributed by atoms with van der Waals surface area (Å²) in [6.45, 7) is 2.30. The molecule has 0 heterocycles. The number of hydrogen-bond donors (Lipinski definition) is 3. The summed E-state index contributed by atoms with van der Waals surface area (Å²) in [6, 6.07) is 4.80. The van der Waals surface area contributed by atoms with Crippen molar-refractivity contribution < 1.29 is 19.8 Å². The molecule has 6 heteroatoms. The number of carbonyl (C=O) groups excluding carboxylic acids is 1. The van der Waals surface area contributed by atoms with Crippen molar-refractivity contribution >= 4 is 12.0 Å². The topological polar surface area (TPSA) is 89.9 Å². The number of carbonyl (C=O) groups is 2. The van der Waals surface area contributed by atoms with E-state index in [1.807, 2.05) is 0 Å². The highest BCUT2D eigenvalue weighted by Crippen LogP contribution is 2.11. The van der Waals surface area contributed by atoms with Gasteiger partial charge < -0.3 is 20.4 Å². The van der Waals surface area contributed by atoms with Crippen molar-refractivity contribution in [3.8, 4) is 5.75 Å². The van der Waals surface area contributed by atoms with Crippen molar-refractivity contribution in [3.63, 3.8) is 0 Å². The van der Waals surface area contributed by atoms with Crippen molar-refractivity contribution in [1.29, 1.82) is 0 Å². The third-order valence-corrected chi connectivity index (χ3v) is 2.79. The van der Waals surface area contributed by atoms with Crippen LogP contribution in [0.1, 0.15) is 12.5 Å². The number of hydrogen-bond acceptors (Lipinski definition) is 3. The van der Waals surface area contributed by atoms with Crippen molar-refractivity contribution in [2.75, 3.05) is 13.6 Å². The minimum Gasteiger partial charge on any atom is -0.508 e. The van der Waals surface area contributed by atoms with Gasteiger partial charge in [-0.25, -0.2) is 9.59 Å². The van der Waals surface area contributed by atoms with Gasteiger partial charge in [0.2, 0.25) is 0 Å². The van der Waals surface area contributed by atoms with Crippen LogP contribution in [-0.4, -0.2) is 46.7 Å². The van der Waals surface area contributed by atoms with Gasteiger partial charge in [-0.1, -0.05) is 12.1 Å². The third-order valence-electron chi connectivity index (χ3n) is 2.79. The molecule has 0 aromatic heterocycles. The van der Waals surface area contributed by atoms with Crippen LogP contribution in [0.25, 0.3) is 0 Å². The maximum atomic E-state index is 11.6. The van der Waals surface area contributed by atoms with Crippen molar-refractivity contribution in [2.45, 2.75) is 19.4 Å². The number of phenolic OH excluding ortho intramolecular Hbond substituents is 1. The summed E-state index contributed by atoms with van der Waals surface area (Å²) in [7, 11) is 1.59. The second-order valence-corrected chi connectivity index (χ2v) is 4.23. The number of urea groups is 1. The predicted molar refractivity (Wildman–Crippen MR) is 70.1 cm³/mol. The largest absolute Gasteiger partial charge is 0.508 e. The number of nitrogens with zero attached hydrogens (tertiary/aromatic N) is 1. The van der Waals surface area contributed by atoms with E-state index in [0.717, 1.165) is 5.56 Å². The van der Waals surface area contributed by atoms with Gasteiger partial charge in [0.25, 0.3) is 0 Å². The molecular weight excluding hydrogens is 248 g/mol. The van der Waals surface area contributed by atoms with E-state index in [4.69, 9.17) is 10.2 Å². The number of carboxylic acid groups (broad SMARTS) is 1. The molecule has 6 nitrogen and oxygen atoms in total. The van der Waals surface area contributed by atoms with Crippen LogP contribution in [0.3, 0.4) is 0 Å². The Morgan fingerprint density at radius 2 is 1.89 bits per heavy atom. The minimum atomic E-state index is -1.09. The second kappa shape index (κ2) is 6.63. The maximum absolute atomic E-state index is 11.6. The van der Waals surface area contributed by atoms with Gasteiger partial charge in [0, 0.05) is 20.0 Å². The van der Waals surface area contributed by atoms with Crippen molar-refractivity contribution in [3.05, 3.63) is 29.8 Å². The molecule has 0 radical (unpaired) electrons. The number of phenols is 1. The molecule has 1 aromatic rings. The lowest BCUT2D eigenvalue weighted by Crippen LogP contribution is -2.47. The van der Waals surface area contributed by atoms with E-state index in [2.05, 4.69) is 5.32 Å². The number of aromatic hydroxyl groups is 1. The Morgan fingerprint density at radius 3 is 2.37 bits per heavy atom. The molecule has 19 heavy (non-hydrogen) atoms. The highest BCUT2D eigenvalue weighted by molar-refractivity contribution is 5.82. The van der Waals surface area contributed by atoms with Crippen LogP contribution in [0.15, 0.2) is 24.3 Å². The normalized spacial score (nSPS) is 11.7. The van der Waals surface area contributed by atoms with Gasteiger partial charge in [0.15, 0.2) is 0 Å². The lowest BCUT2D eigenvalue weighted by Gasteiger charge is -2.20. The molecule has 0 saturated carbocycles. The first-order chi connectivity index (χ1) is 8.93. The molecular formula is C13H18N2O4. The molecule has 1 atom stereocenters. The highest BCUT2D eigenvalue weighted by atomic mass is 16.4. The number of nitrogens with one attached hydrogen (secondary N) is 1. The summed E-state index contributed by atoms with van der Waals surface area (Å²) in [5, 5.41) is 20.7. The summed E-state index contributed by atoms with van der Waals surface area (Å²) in [4.78, 5) is 24.2. The van der Waals surface area contributed by atoms with Crippen LogP contribution < -0.4 is 5.32 Å². The Bertz CT molecular complexity index is 444. The lowest BCUT2D eigenvalue weighted by atomic mass is 10.1. The average Bonchev–Trinajstić information content (AvgIpc) is 2.39. The van der Waals surface area contributed by atoms with E-state index < -0.39 is 18.0 Å². The van der Waals surface area contributed by atoms with Gasteiger partial charge in [0.05, 0.1) is 0 Å². The molecule has 0 fully saturated rings. The number of carboxylic acids is 1. The van der Waals surface area contributed by atoms with Crippen LogP contribution in [0.2, 0.25) is 0 Å². The smallest absolute Gasteiger partial charge is 0.326 e. The minimum absolute atomic E-state index is 0.116. The van der Waals surface area contributed by atoms with Crippen LogP contribution in [0.4, 0.5) is 4.79 Å². The van der Waals surface area contributed by atoms with E-state index in [1.165, 1.54) is 17.0 Å². The van der Waals surface area contributed by atoms with Crippen molar-refractivity contribution in [2.24, 2.45) is 0 Å². The Kier molecular flexibility index (Phi) is 5.17. The number of benzene rings is 1. The van der Waals surface area contributed by atoms with E-state index in [9.17, 15) is 9.59 Å². The molecule has 1 rings (SSSR count). The van der Waals surface area contributed by atoms with E-state index in [0.29, 0.717) is 6.54 Å². The molecule has 0 bridgehead atoms. The lowest BCUT2D eigenvalue weighted by molar-refractivity contribution is -0.139. The maximum Gasteiger partial charge on any atom is 0.326 e. The molecule has 2 amide bonds. The van der Waals surface area contributed by atoms with Gasteiger partial charge >= 0.3 is 12.0 Å². The molecule has 0 aliphatic carbocycles. The summed E-state index contributed by atoms with van der Waals surface area (Å²) in [5.74, 6) is -0.976. The molecule has 0 aliphatic heterocycles. The van der Waals surface area contributed by atoms with Crippen LogP contribution >= 0.6 is 0 Å². The molecule has 1 aromatic carbocycles. The van der Waals surface area contributed by atoms with Gasteiger partial charge in [-0.2, -0.15) is 0 Å². The molecule has 0 spiro atoms. The first-order valence-corrected chi connectivity index (χ1v) is 5.96. The number of rotatable bonds is 5. The zero-order valence-electron chi connectivity index (χ0n) is 11.0. The van der Waals surface area contributed by atoms with E-state index in [-0.39, 0.29) is 12.2 Å². The Labute approximate surface area is 111 Å². The fraction of sp³-hybridized carbons (Fsp3) is 0.385. The first-order valence-electron chi connectivity index (χ1n) is 5.96. The Balaban J connectivity index is 2.71. The van der Waals surface area contributed by atoms with Crippen LogP contribution in [0.5, 0.6) is 5.75 Å². The average molecular weight is 266 g/mol. The summed E-state index contributed by atoms with van der Waals surface area (Å²) < 4.78 is 0. The van der Waals surface area contributed by atoms with Gasteiger partial charge in [-0.15, -0.1) is 0 Å². The van der Waals surface area contributed by atoms with Gasteiger partial charge in [-0.3, -0.25) is 0 Å². The number of amides is 2. The summed E-state index contributed by atoms with van der Waals surface area (Å²) in [6.07, 6.45) is 0.166. The SMILES string of the molecule is CCN(C)C(=O)N[C@@H](Cc1ccc(O)cc1)C(=O)O. The summed E-state index contributed by atoms with van der Waals surface area (Å²) >= 11 is 0. The van der Waals surface area contributed by atoms with E-state index >= 15 is 0 Å². The Hall–Kier alpha value is -2.24. The quantitative estimate of drug-likeness (QED) is 0.743. The number of aliphatic carboxylic acids is 1.